The highest BCUT2D eigenvalue weighted by atomic mass is 16.6. The molecule has 0 aliphatic carbocycles. The fourth-order valence-electron chi connectivity index (χ4n) is 2.11. The molecule has 0 atom stereocenters. The van der Waals surface area contributed by atoms with Crippen molar-refractivity contribution in [1.29, 1.82) is 0 Å². The average molecular weight is 348 g/mol. The summed E-state index contributed by atoms with van der Waals surface area (Å²) < 4.78 is 5.50. The number of nitrogens with one attached hydrogen (secondary N) is 1. The van der Waals surface area contributed by atoms with E-state index in [9.17, 15) is 4.79 Å². The highest BCUT2D eigenvalue weighted by Gasteiger charge is 2.30. The number of pyridine rings is 1. The predicted molar refractivity (Wildman–Crippen MR) is 98.3 cm³/mol. The largest absolute Gasteiger partial charge is 0.444 e. The zero-order valence-corrected chi connectivity index (χ0v) is 15.9. The van der Waals surface area contributed by atoms with Crippen LogP contribution in [0.5, 0.6) is 0 Å². The summed E-state index contributed by atoms with van der Waals surface area (Å²) in [5.74, 6) is 0. The molecule has 8 heteroatoms. The lowest BCUT2D eigenvalue weighted by molar-refractivity contribution is 0.00749. The quantitative estimate of drug-likeness (QED) is 0.469. The molecule has 1 aromatic rings. The first-order valence-corrected chi connectivity index (χ1v) is 8.23. The summed E-state index contributed by atoms with van der Waals surface area (Å²) in [5, 5.41) is 6.76. The summed E-state index contributed by atoms with van der Waals surface area (Å²) in [6, 6.07) is 3.65. The summed E-state index contributed by atoms with van der Waals surface area (Å²) in [5.41, 5.74) is 9.03. The van der Waals surface area contributed by atoms with Gasteiger partial charge < -0.3 is 15.0 Å². The van der Waals surface area contributed by atoms with Crippen LogP contribution < -0.4 is 5.32 Å². The molecule has 1 aromatic heterocycles. The number of ether oxygens (including phenoxy) is 1. The number of aromatic nitrogens is 1. The third kappa shape index (κ3) is 7.76. The van der Waals surface area contributed by atoms with E-state index in [0.29, 0.717) is 18.8 Å². The standard InChI is InChI=1S/C17H28N6O2/c1-16(2,3)23(15(24)25-17(4,5)6)10-9-20-13-7-8-19-14(11-13)12-21-22-18/h7-8,11H,9-10,12H2,1-6H3,(H,19,20). The van der Waals surface area contributed by atoms with E-state index in [-0.39, 0.29) is 18.2 Å². The molecular formula is C17H28N6O2. The lowest BCUT2D eigenvalue weighted by atomic mass is 10.1. The minimum Gasteiger partial charge on any atom is -0.444 e. The minimum atomic E-state index is -0.532. The molecule has 0 saturated carbocycles. The molecule has 0 radical (unpaired) electrons. The van der Waals surface area contributed by atoms with Crippen LogP contribution in [0.1, 0.15) is 47.2 Å². The van der Waals surface area contributed by atoms with Crippen molar-refractivity contribution in [3.05, 3.63) is 34.5 Å². The Labute approximate surface area is 149 Å². The van der Waals surface area contributed by atoms with Gasteiger partial charge in [0.05, 0.1) is 6.54 Å². The Morgan fingerprint density at radius 2 is 2.04 bits per heavy atom. The van der Waals surface area contributed by atoms with E-state index < -0.39 is 5.60 Å². The molecule has 0 aliphatic rings. The van der Waals surface area contributed by atoms with Crippen molar-refractivity contribution in [2.45, 2.75) is 59.2 Å². The summed E-state index contributed by atoms with van der Waals surface area (Å²) in [4.78, 5) is 21.0. The number of amides is 1. The van der Waals surface area contributed by atoms with Gasteiger partial charge in [-0.1, -0.05) is 5.11 Å². The first-order valence-electron chi connectivity index (χ1n) is 8.23. The molecule has 0 aromatic carbocycles. The molecule has 8 nitrogen and oxygen atoms in total. The number of anilines is 1. The second kappa shape index (κ2) is 8.58. The van der Waals surface area contributed by atoms with Crippen LogP contribution in [0.25, 0.3) is 10.4 Å². The first-order chi connectivity index (χ1) is 11.5. The molecule has 25 heavy (non-hydrogen) atoms. The second-order valence-corrected chi connectivity index (χ2v) is 7.65. The molecule has 0 fully saturated rings. The zero-order chi connectivity index (χ0) is 19.1. The molecule has 0 unspecified atom stereocenters. The van der Waals surface area contributed by atoms with Crippen LogP contribution in [-0.2, 0) is 11.3 Å². The smallest absolute Gasteiger partial charge is 0.410 e. The van der Waals surface area contributed by atoms with Crippen molar-refractivity contribution >= 4 is 11.8 Å². The van der Waals surface area contributed by atoms with E-state index in [1.165, 1.54) is 0 Å². The van der Waals surface area contributed by atoms with Crippen molar-refractivity contribution < 1.29 is 9.53 Å². The van der Waals surface area contributed by atoms with E-state index in [4.69, 9.17) is 10.3 Å². The second-order valence-electron chi connectivity index (χ2n) is 7.65. The Hall–Kier alpha value is -2.47. The lowest BCUT2D eigenvalue weighted by Gasteiger charge is -2.37. The fourth-order valence-corrected chi connectivity index (χ4v) is 2.11. The summed E-state index contributed by atoms with van der Waals surface area (Å²) >= 11 is 0. The van der Waals surface area contributed by atoms with Crippen LogP contribution in [0.15, 0.2) is 23.4 Å². The van der Waals surface area contributed by atoms with Gasteiger partial charge in [0.2, 0.25) is 0 Å². The Morgan fingerprint density at radius 1 is 1.36 bits per heavy atom. The number of hydrogen-bond acceptors (Lipinski definition) is 5. The number of carbonyl (C=O) groups is 1. The highest BCUT2D eigenvalue weighted by Crippen LogP contribution is 2.18. The molecule has 1 amide bonds. The Morgan fingerprint density at radius 3 is 2.60 bits per heavy atom. The fraction of sp³-hybridized carbons (Fsp3) is 0.647. The van der Waals surface area contributed by atoms with Gasteiger partial charge in [-0.3, -0.25) is 4.98 Å². The molecule has 0 saturated heterocycles. The Bertz CT molecular complexity index is 627. The molecule has 1 N–H and O–H groups in total. The van der Waals surface area contributed by atoms with Crippen LogP contribution in [0.4, 0.5) is 10.5 Å². The van der Waals surface area contributed by atoms with Gasteiger partial charge in [0, 0.05) is 41.1 Å². The zero-order valence-electron chi connectivity index (χ0n) is 15.9. The van der Waals surface area contributed by atoms with Crippen molar-refractivity contribution in [2.24, 2.45) is 5.11 Å². The van der Waals surface area contributed by atoms with E-state index in [1.807, 2.05) is 53.7 Å². The molecule has 0 aliphatic heterocycles. The lowest BCUT2D eigenvalue weighted by Crippen LogP contribution is -2.49. The van der Waals surface area contributed by atoms with Crippen LogP contribution in [0.3, 0.4) is 0 Å². The summed E-state index contributed by atoms with van der Waals surface area (Å²) in [7, 11) is 0. The highest BCUT2D eigenvalue weighted by molar-refractivity contribution is 5.69. The van der Waals surface area contributed by atoms with Gasteiger partial charge in [0.1, 0.15) is 5.60 Å². The number of azide groups is 1. The van der Waals surface area contributed by atoms with Crippen molar-refractivity contribution in [2.75, 3.05) is 18.4 Å². The van der Waals surface area contributed by atoms with Crippen LogP contribution in [0, 0.1) is 0 Å². The maximum absolute atomic E-state index is 12.4. The van der Waals surface area contributed by atoms with Crippen LogP contribution in [0.2, 0.25) is 0 Å². The SMILES string of the molecule is CC(C)(C)OC(=O)N(CCNc1ccnc(CN=[N+]=[N-])c1)C(C)(C)C. The summed E-state index contributed by atoms with van der Waals surface area (Å²) in [6.07, 6.45) is 1.32. The number of carbonyl (C=O) groups excluding carboxylic acids is 1. The molecule has 138 valence electrons. The van der Waals surface area contributed by atoms with Gasteiger partial charge in [-0.25, -0.2) is 4.79 Å². The maximum Gasteiger partial charge on any atom is 0.410 e. The third-order valence-electron chi connectivity index (χ3n) is 3.20. The topological polar surface area (TPSA) is 103 Å². The van der Waals surface area contributed by atoms with Crippen LogP contribution >= 0.6 is 0 Å². The van der Waals surface area contributed by atoms with Gasteiger partial charge in [-0.2, -0.15) is 0 Å². The van der Waals surface area contributed by atoms with E-state index in [2.05, 4.69) is 20.3 Å². The van der Waals surface area contributed by atoms with Gasteiger partial charge in [0.15, 0.2) is 0 Å². The first kappa shape index (κ1) is 20.6. The average Bonchev–Trinajstić information content (AvgIpc) is 2.46. The molecule has 0 bridgehead atoms. The number of rotatable bonds is 6. The maximum atomic E-state index is 12.4. The van der Waals surface area contributed by atoms with Crippen molar-refractivity contribution in [3.63, 3.8) is 0 Å². The number of hydrogen-bond donors (Lipinski definition) is 1. The Balaban J connectivity index is 2.69. The minimum absolute atomic E-state index is 0.206. The Kier molecular flexibility index (Phi) is 7.06. The monoisotopic (exact) mass is 348 g/mol. The van der Waals surface area contributed by atoms with Crippen molar-refractivity contribution in [3.8, 4) is 0 Å². The van der Waals surface area contributed by atoms with E-state index >= 15 is 0 Å². The molecule has 0 spiro atoms. The molecular weight excluding hydrogens is 320 g/mol. The van der Waals surface area contributed by atoms with Crippen LogP contribution in [-0.4, -0.2) is 40.2 Å². The number of nitrogens with zero attached hydrogens (tertiary/aromatic N) is 5. The van der Waals surface area contributed by atoms with Gasteiger partial charge >= 0.3 is 6.09 Å². The normalized spacial score (nSPS) is 11.4. The van der Waals surface area contributed by atoms with Gasteiger partial charge in [-0.15, -0.1) is 0 Å². The van der Waals surface area contributed by atoms with E-state index in [0.717, 1.165) is 5.69 Å². The molecule has 1 rings (SSSR count). The van der Waals surface area contributed by atoms with Gasteiger partial charge in [-0.05, 0) is 59.2 Å². The van der Waals surface area contributed by atoms with Crippen molar-refractivity contribution in [1.82, 2.24) is 9.88 Å². The van der Waals surface area contributed by atoms with Gasteiger partial charge in [0.25, 0.3) is 0 Å². The van der Waals surface area contributed by atoms with E-state index in [1.54, 1.807) is 11.1 Å². The summed E-state index contributed by atoms with van der Waals surface area (Å²) in [6.45, 7) is 12.7. The third-order valence-corrected chi connectivity index (χ3v) is 3.20. The molecule has 1 heterocycles. The predicted octanol–water partition coefficient (Wildman–Crippen LogP) is 4.34.